The normalized spacial score (nSPS) is 23.9. The molecular formula is C22H23ClF3N3O5. The van der Waals surface area contributed by atoms with Crippen molar-refractivity contribution in [2.75, 3.05) is 0 Å². The number of nitrogens with one attached hydrogen (secondary N) is 1. The van der Waals surface area contributed by atoms with Gasteiger partial charge in [0.2, 0.25) is 0 Å². The van der Waals surface area contributed by atoms with E-state index in [4.69, 9.17) is 21.1 Å². The third kappa shape index (κ3) is 6.22. The third-order valence-electron chi connectivity index (χ3n) is 5.54. The van der Waals surface area contributed by atoms with Crippen molar-refractivity contribution in [1.82, 2.24) is 15.1 Å². The molecular weight excluding hydrogens is 479 g/mol. The molecule has 0 bridgehead atoms. The molecule has 1 aliphatic heterocycles. The van der Waals surface area contributed by atoms with Crippen LogP contribution in [0.5, 0.6) is 11.5 Å². The van der Waals surface area contributed by atoms with Gasteiger partial charge in [-0.25, -0.2) is 0 Å². The summed E-state index contributed by atoms with van der Waals surface area (Å²) < 4.78 is 53.3. The quantitative estimate of drug-likeness (QED) is 0.570. The van der Waals surface area contributed by atoms with Gasteiger partial charge in [0.1, 0.15) is 11.9 Å². The number of halogens is 4. The van der Waals surface area contributed by atoms with Gasteiger partial charge in [0.25, 0.3) is 5.91 Å². The molecule has 34 heavy (non-hydrogen) atoms. The largest absolute Gasteiger partial charge is 0.522 e. The molecule has 2 aromatic rings. The van der Waals surface area contributed by atoms with Gasteiger partial charge >= 0.3 is 6.36 Å². The first-order chi connectivity index (χ1) is 16.1. The Morgan fingerprint density at radius 2 is 2.09 bits per heavy atom. The van der Waals surface area contributed by atoms with Crippen LogP contribution in [0.15, 0.2) is 42.9 Å². The average molecular weight is 502 g/mol. The van der Waals surface area contributed by atoms with Crippen molar-refractivity contribution in [2.24, 2.45) is 0 Å². The SMILES string of the molecule is C=C(CCn1cc(OC2CC(OC(F)(F)F)C2)cn1)NC(=O)[C@H]1C[C@@H](O)c2cc(Cl)ccc2O1. The van der Waals surface area contributed by atoms with Crippen molar-refractivity contribution in [1.29, 1.82) is 0 Å². The molecule has 0 spiro atoms. The van der Waals surface area contributed by atoms with E-state index < -0.39 is 30.6 Å². The van der Waals surface area contributed by atoms with Crippen LogP contribution in [0.3, 0.4) is 0 Å². The molecule has 2 N–H and O–H groups in total. The molecule has 1 saturated carbocycles. The standard InChI is InChI=1S/C22H23ClF3N3O5/c1-12(28-21(31)20-9-18(30)17-6-13(23)2-3-19(17)33-20)4-5-29-11-16(10-27-29)32-14-7-15(8-14)34-22(24,25)26/h2-3,6,10-11,14-15,18,20,30H,1,4-5,7-9H2,(H,28,31)/t14?,15?,18-,20-/m1/s1. The zero-order valence-corrected chi connectivity index (χ0v) is 18.7. The molecule has 1 aromatic carbocycles. The molecule has 0 radical (unpaired) electrons. The van der Waals surface area contributed by atoms with E-state index in [0.29, 0.717) is 40.7 Å². The fourth-order valence-corrected chi connectivity index (χ4v) is 3.95. The molecule has 2 heterocycles. The van der Waals surface area contributed by atoms with E-state index in [1.807, 2.05) is 0 Å². The number of hydrogen-bond donors (Lipinski definition) is 2. The van der Waals surface area contributed by atoms with E-state index in [0.717, 1.165) is 0 Å². The second-order valence-electron chi connectivity index (χ2n) is 8.22. The molecule has 12 heteroatoms. The second kappa shape index (κ2) is 9.85. The number of aryl methyl sites for hydroxylation is 1. The number of aliphatic hydroxyl groups is 1. The Morgan fingerprint density at radius 3 is 2.82 bits per heavy atom. The molecule has 0 unspecified atom stereocenters. The van der Waals surface area contributed by atoms with Crippen LogP contribution in [0, 0.1) is 0 Å². The summed E-state index contributed by atoms with van der Waals surface area (Å²) in [7, 11) is 0. The molecule has 184 valence electrons. The lowest BCUT2D eigenvalue weighted by atomic mass is 9.92. The number of carbonyl (C=O) groups excluding carboxylic acids is 1. The van der Waals surface area contributed by atoms with Gasteiger partial charge in [-0.3, -0.25) is 14.2 Å². The van der Waals surface area contributed by atoms with Gasteiger partial charge in [0, 0.05) is 48.5 Å². The lowest BCUT2D eigenvalue weighted by Crippen LogP contribution is -2.42. The van der Waals surface area contributed by atoms with Crippen molar-refractivity contribution in [2.45, 2.75) is 63.0 Å². The Bertz CT molecular complexity index is 1050. The number of amides is 1. The number of nitrogens with zero attached hydrogens (tertiary/aromatic N) is 2. The number of ether oxygens (including phenoxy) is 3. The monoisotopic (exact) mass is 501 g/mol. The highest BCUT2D eigenvalue weighted by atomic mass is 35.5. The number of aliphatic hydroxyl groups excluding tert-OH is 1. The Labute approximate surface area is 198 Å². The summed E-state index contributed by atoms with van der Waals surface area (Å²) in [6.07, 6.45) is -3.76. The van der Waals surface area contributed by atoms with E-state index in [2.05, 4.69) is 21.7 Å². The number of rotatable bonds is 8. The molecule has 2 atom stereocenters. The highest BCUT2D eigenvalue weighted by molar-refractivity contribution is 6.30. The Morgan fingerprint density at radius 1 is 1.32 bits per heavy atom. The molecule has 8 nitrogen and oxygen atoms in total. The van der Waals surface area contributed by atoms with Crippen LogP contribution in [0.2, 0.25) is 5.02 Å². The van der Waals surface area contributed by atoms with Gasteiger partial charge in [-0.15, -0.1) is 13.2 Å². The molecule has 2 aliphatic rings. The van der Waals surface area contributed by atoms with Crippen LogP contribution in [0.25, 0.3) is 0 Å². The Hall–Kier alpha value is -2.76. The van der Waals surface area contributed by atoms with E-state index in [-0.39, 0.29) is 25.4 Å². The summed E-state index contributed by atoms with van der Waals surface area (Å²) in [6.45, 7) is 4.24. The summed E-state index contributed by atoms with van der Waals surface area (Å²) in [6, 6.07) is 4.84. The van der Waals surface area contributed by atoms with Crippen LogP contribution in [0.4, 0.5) is 13.2 Å². The number of hydrogen-bond acceptors (Lipinski definition) is 6. The predicted molar refractivity (Wildman–Crippen MR) is 114 cm³/mol. The van der Waals surface area contributed by atoms with Crippen LogP contribution in [0.1, 0.15) is 37.4 Å². The Kier molecular flexibility index (Phi) is 7.06. The van der Waals surface area contributed by atoms with Crippen molar-refractivity contribution >= 4 is 17.5 Å². The van der Waals surface area contributed by atoms with Gasteiger partial charge in [-0.05, 0) is 18.2 Å². The summed E-state index contributed by atoms with van der Waals surface area (Å²) in [5, 5.41) is 17.6. The molecule has 0 saturated heterocycles. The first-order valence-electron chi connectivity index (χ1n) is 10.6. The van der Waals surface area contributed by atoms with Crippen molar-refractivity contribution in [3.63, 3.8) is 0 Å². The van der Waals surface area contributed by atoms with Gasteiger partial charge < -0.3 is 19.9 Å². The lowest BCUT2D eigenvalue weighted by Gasteiger charge is -2.34. The van der Waals surface area contributed by atoms with Crippen LogP contribution in [-0.4, -0.2) is 45.5 Å². The summed E-state index contributed by atoms with van der Waals surface area (Å²) in [5.74, 6) is 0.420. The minimum Gasteiger partial charge on any atom is -0.487 e. The number of aromatic nitrogens is 2. The fraction of sp³-hybridized carbons (Fsp3) is 0.455. The average Bonchev–Trinajstić information content (AvgIpc) is 3.17. The fourth-order valence-electron chi connectivity index (χ4n) is 3.76. The van der Waals surface area contributed by atoms with E-state index in [9.17, 15) is 23.1 Å². The maximum Gasteiger partial charge on any atom is 0.522 e. The van der Waals surface area contributed by atoms with E-state index in [1.54, 1.807) is 29.1 Å². The second-order valence-corrected chi connectivity index (χ2v) is 8.66. The summed E-state index contributed by atoms with van der Waals surface area (Å²) >= 11 is 5.94. The number of allylic oxidation sites excluding steroid dienone is 1. The van der Waals surface area contributed by atoms with Crippen LogP contribution >= 0.6 is 11.6 Å². The molecule has 1 amide bonds. The summed E-state index contributed by atoms with van der Waals surface area (Å²) in [4.78, 5) is 12.6. The van der Waals surface area contributed by atoms with Crippen LogP contribution < -0.4 is 14.8 Å². The van der Waals surface area contributed by atoms with Crippen molar-refractivity contribution < 1.29 is 37.3 Å². The van der Waals surface area contributed by atoms with Gasteiger partial charge in [-0.1, -0.05) is 18.2 Å². The number of benzene rings is 1. The molecule has 4 rings (SSSR count). The number of fused-ring (bicyclic) bond motifs is 1. The third-order valence-corrected chi connectivity index (χ3v) is 5.77. The van der Waals surface area contributed by atoms with Gasteiger partial charge in [-0.2, -0.15) is 5.10 Å². The molecule has 1 aromatic heterocycles. The first kappa shape index (κ1) is 24.4. The van der Waals surface area contributed by atoms with Crippen molar-refractivity contribution in [3.05, 3.63) is 53.5 Å². The van der Waals surface area contributed by atoms with E-state index >= 15 is 0 Å². The van der Waals surface area contributed by atoms with Gasteiger partial charge in [0.05, 0.1) is 24.6 Å². The summed E-state index contributed by atoms with van der Waals surface area (Å²) in [5.41, 5.74) is 0.978. The number of alkyl halides is 3. The molecule has 1 aliphatic carbocycles. The highest BCUT2D eigenvalue weighted by Crippen LogP contribution is 2.36. The van der Waals surface area contributed by atoms with Crippen molar-refractivity contribution in [3.8, 4) is 11.5 Å². The number of carbonyl (C=O) groups is 1. The minimum atomic E-state index is -4.64. The first-order valence-corrected chi connectivity index (χ1v) is 11.0. The smallest absolute Gasteiger partial charge is 0.487 e. The topological polar surface area (TPSA) is 94.8 Å². The van der Waals surface area contributed by atoms with Gasteiger partial charge in [0.15, 0.2) is 11.9 Å². The lowest BCUT2D eigenvalue weighted by molar-refractivity contribution is -0.355. The maximum atomic E-state index is 12.6. The van der Waals surface area contributed by atoms with E-state index in [1.165, 1.54) is 6.20 Å². The molecule has 1 fully saturated rings. The zero-order chi connectivity index (χ0) is 24.5. The maximum absolute atomic E-state index is 12.6. The predicted octanol–water partition coefficient (Wildman–Crippen LogP) is 3.89. The van der Waals surface area contributed by atoms with Crippen LogP contribution in [-0.2, 0) is 16.1 Å². The zero-order valence-electron chi connectivity index (χ0n) is 17.9. The Balaban J connectivity index is 1.19. The highest BCUT2D eigenvalue weighted by Gasteiger charge is 2.41. The minimum absolute atomic E-state index is 0.0857.